The Morgan fingerprint density at radius 1 is 1.38 bits per heavy atom. The highest BCUT2D eigenvalue weighted by Crippen LogP contribution is 2.52. The topological polar surface area (TPSA) is 77.1 Å². The molecule has 0 spiro atoms. The maximum atomic E-state index is 13.1. The van der Waals surface area contributed by atoms with Gasteiger partial charge >= 0.3 is 0 Å². The summed E-state index contributed by atoms with van der Waals surface area (Å²) in [6, 6.07) is 3.21. The first kappa shape index (κ1) is 17.5. The molecule has 2 fully saturated rings. The average Bonchev–Trinajstić information content (AvgIpc) is 3.37. The van der Waals surface area contributed by atoms with Gasteiger partial charge in [0.2, 0.25) is 5.91 Å². The number of nitrogens with zero attached hydrogens (tertiary/aromatic N) is 1. The smallest absolute Gasteiger partial charge is 0.260 e. The molecule has 0 radical (unpaired) electrons. The van der Waals surface area contributed by atoms with Gasteiger partial charge in [-0.3, -0.25) is 9.59 Å². The van der Waals surface area contributed by atoms with Crippen molar-refractivity contribution in [1.82, 2.24) is 10.2 Å². The molecule has 3 atom stereocenters. The van der Waals surface area contributed by atoms with Crippen molar-refractivity contribution >= 4 is 23.6 Å². The lowest BCUT2D eigenvalue weighted by Gasteiger charge is -2.23. The Hall–Kier alpha value is -1.93. The number of hydrogen-bond donors (Lipinski definition) is 1. The number of ether oxygens (including phenoxy) is 3. The van der Waals surface area contributed by atoms with Crippen LogP contribution in [0.15, 0.2) is 12.1 Å². The fourth-order valence-corrected chi connectivity index (χ4v) is 5.29. The van der Waals surface area contributed by atoms with Crippen LogP contribution in [-0.2, 0) is 9.53 Å². The second kappa shape index (κ2) is 7.00. The van der Waals surface area contributed by atoms with Gasteiger partial charge in [0, 0.05) is 24.5 Å². The van der Waals surface area contributed by atoms with Crippen LogP contribution in [0.4, 0.5) is 0 Å². The van der Waals surface area contributed by atoms with Crippen LogP contribution in [0.3, 0.4) is 0 Å². The maximum Gasteiger partial charge on any atom is 0.260 e. The molecule has 0 aromatic heterocycles. The number of methoxy groups -OCH3 is 2. The molecule has 0 saturated carbocycles. The standard InChI is InChI=1S/C18H22N2O5S/c1-23-13-6-5-11-14(15(13)24-2)17(22)20-12(9-26-18(11)20)16(21)19-8-10-4-3-7-25-10/h5-6,10,12,18H,3-4,7-9H2,1-2H3,(H,19,21)/t10-,12-,18-/m1/s1. The number of thioether (sulfide) groups is 1. The fourth-order valence-electron chi connectivity index (χ4n) is 3.83. The van der Waals surface area contributed by atoms with E-state index in [1.54, 1.807) is 29.8 Å². The molecule has 0 unspecified atom stereocenters. The summed E-state index contributed by atoms with van der Waals surface area (Å²) in [5, 5.41) is 2.79. The molecule has 1 N–H and O–H groups in total. The minimum atomic E-state index is -0.484. The van der Waals surface area contributed by atoms with E-state index in [9.17, 15) is 9.59 Å². The summed E-state index contributed by atoms with van der Waals surface area (Å²) < 4.78 is 16.3. The number of carbonyl (C=O) groups excluding carboxylic acids is 2. The first-order chi connectivity index (χ1) is 12.7. The molecule has 3 aliphatic heterocycles. The van der Waals surface area contributed by atoms with Gasteiger partial charge in [-0.1, -0.05) is 6.07 Å². The SMILES string of the molecule is COc1ccc2c(c1OC)C(=O)N1[C@@H](C(=O)NC[C@H]3CCCO3)CS[C@H]21. The van der Waals surface area contributed by atoms with Crippen LogP contribution >= 0.6 is 11.8 Å². The molecule has 26 heavy (non-hydrogen) atoms. The zero-order chi connectivity index (χ0) is 18.3. The van der Waals surface area contributed by atoms with Gasteiger partial charge in [0.1, 0.15) is 11.4 Å². The van der Waals surface area contributed by atoms with Crippen LogP contribution in [0.2, 0.25) is 0 Å². The molecule has 1 aromatic carbocycles. The van der Waals surface area contributed by atoms with Gasteiger partial charge in [-0.2, -0.15) is 0 Å². The number of amides is 2. The maximum absolute atomic E-state index is 13.1. The molecule has 2 amide bonds. The quantitative estimate of drug-likeness (QED) is 0.838. The molecule has 0 bridgehead atoms. The number of benzene rings is 1. The Morgan fingerprint density at radius 2 is 2.23 bits per heavy atom. The number of carbonyl (C=O) groups is 2. The highest BCUT2D eigenvalue weighted by Gasteiger charge is 2.50. The molecule has 3 heterocycles. The monoisotopic (exact) mass is 378 g/mol. The van der Waals surface area contributed by atoms with Crippen LogP contribution in [-0.4, -0.2) is 62.0 Å². The van der Waals surface area contributed by atoms with Crippen LogP contribution in [0, 0.1) is 0 Å². The van der Waals surface area contributed by atoms with Crippen molar-refractivity contribution in [3.05, 3.63) is 23.3 Å². The number of nitrogens with one attached hydrogen (secondary N) is 1. The molecule has 2 saturated heterocycles. The highest BCUT2D eigenvalue weighted by molar-refractivity contribution is 7.99. The summed E-state index contributed by atoms with van der Waals surface area (Å²) in [5.41, 5.74) is 1.38. The first-order valence-corrected chi connectivity index (χ1v) is 9.79. The lowest BCUT2D eigenvalue weighted by atomic mass is 10.1. The van der Waals surface area contributed by atoms with E-state index in [1.807, 2.05) is 6.07 Å². The Balaban J connectivity index is 1.54. The Bertz CT molecular complexity index is 735. The normalized spacial score (nSPS) is 26.6. The minimum absolute atomic E-state index is 0.0830. The summed E-state index contributed by atoms with van der Waals surface area (Å²) in [6.07, 6.45) is 2.08. The van der Waals surface area contributed by atoms with E-state index < -0.39 is 6.04 Å². The van der Waals surface area contributed by atoms with E-state index in [-0.39, 0.29) is 23.3 Å². The number of hydrogen-bond acceptors (Lipinski definition) is 6. The van der Waals surface area contributed by atoms with Gasteiger partial charge in [-0.15, -0.1) is 11.8 Å². The molecule has 8 heteroatoms. The van der Waals surface area contributed by atoms with Crippen LogP contribution in [0.5, 0.6) is 11.5 Å². The molecule has 3 aliphatic rings. The molecule has 7 nitrogen and oxygen atoms in total. The fraction of sp³-hybridized carbons (Fsp3) is 0.556. The molecule has 1 aromatic rings. The Morgan fingerprint density at radius 3 is 2.92 bits per heavy atom. The van der Waals surface area contributed by atoms with Crippen molar-refractivity contribution in [1.29, 1.82) is 0 Å². The van der Waals surface area contributed by atoms with Gasteiger partial charge in [-0.25, -0.2) is 0 Å². The second-order valence-corrected chi connectivity index (χ2v) is 7.67. The third kappa shape index (κ3) is 2.72. The third-order valence-electron chi connectivity index (χ3n) is 5.12. The minimum Gasteiger partial charge on any atom is -0.493 e. The van der Waals surface area contributed by atoms with Gasteiger partial charge in [0.05, 0.1) is 25.9 Å². The average molecular weight is 378 g/mol. The Labute approximate surface area is 156 Å². The van der Waals surface area contributed by atoms with Gasteiger partial charge in [0.15, 0.2) is 11.5 Å². The van der Waals surface area contributed by atoms with Crippen molar-refractivity contribution in [2.45, 2.75) is 30.4 Å². The number of fused-ring (bicyclic) bond motifs is 3. The molecular formula is C18H22N2O5S. The third-order valence-corrected chi connectivity index (χ3v) is 6.43. The van der Waals surface area contributed by atoms with Crippen molar-refractivity contribution in [3.63, 3.8) is 0 Å². The molecular weight excluding hydrogens is 356 g/mol. The molecule has 0 aliphatic carbocycles. The summed E-state index contributed by atoms with van der Waals surface area (Å²) in [6.45, 7) is 1.25. The highest BCUT2D eigenvalue weighted by atomic mass is 32.2. The second-order valence-electron chi connectivity index (χ2n) is 6.56. The Kier molecular flexibility index (Phi) is 4.71. The van der Waals surface area contributed by atoms with E-state index in [1.165, 1.54) is 7.11 Å². The molecule has 140 valence electrons. The van der Waals surface area contributed by atoms with Crippen molar-refractivity contribution in [2.24, 2.45) is 0 Å². The van der Waals surface area contributed by atoms with E-state index in [2.05, 4.69) is 5.32 Å². The zero-order valence-electron chi connectivity index (χ0n) is 14.8. The van der Waals surface area contributed by atoms with E-state index >= 15 is 0 Å². The summed E-state index contributed by atoms with van der Waals surface area (Å²) in [7, 11) is 3.06. The summed E-state index contributed by atoms with van der Waals surface area (Å²) >= 11 is 1.60. The van der Waals surface area contributed by atoms with Crippen molar-refractivity contribution in [2.75, 3.05) is 33.1 Å². The van der Waals surface area contributed by atoms with Crippen LogP contribution in [0.1, 0.15) is 34.1 Å². The summed E-state index contributed by atoms with van der Waals surface area (Å²) in [5.74, 6) is 1.24. The lowest BCUT2D eigenvalue weighted by molar-refractivity contribution is -0.125. The zero-order valence-corrected chi connectivity index (χ0v) is 15.6. The number of rotatable bonds is 5. The van der Waals surface area contributed by atoms with Crippen LogP contribution in [0.25, 0.3) is 0 Å². The largest absolute Gasteiger partial charge is 0.493 e. The van der Waals surface area contributed by atoms with E-state index in [0.29, 0.717) is 29.4 Å². The van der Waals surface area contributed by atoms with Crippen molar-refractivity contribution < 1.29 is 23.8 Å². The molecule has 4 rings (SSSR count). The van der Waals surface area contributed by atoms with Crippen LogP contribution < -0.4 is 14.8 Å². The van der Waals surface area contributed by atoms with Gasteiger partial charge in [-0.05, 0) is 18.9 Å². The first-order valence-electron chi connectivity index (χ1n) is 8.74. The predicted molar refractivity (Wildman–Crippen MR) is 96.7 cm³/mol. The van der Waals surface area contributed by atoms with Crippen molar-refractivity contribution in [3.8, 4) is 11.5 Å². The predicted octanol–water partition coefficient (Wildman–Crippen LogP) is 1.57. The van der Waals surface area contributed by atoms with Gasteiger partial charge in [0.25, 0.3) is 5.91 Å². The van der Waals surface area contributed by atoms with E-state index in [4.69, 9.17) is 14.2 Å². The van der Waals surface area contributed by atoms with E-state index in [0.717, 1.165) is 25.0 Å². The summed E-state index contributed by atoms with van der Waals surface area (Å²) in [4.78, 5) is 27.4. The van der Waals surface area contributed by atoms with Gasteiger partial charge < -0.3 is 24.4 Å². The lowest BCUT2D eigenvalue weighted by Crippen LogP contribution is -2.47.